The molecule has 2 unspecified atom stereocenters. The molecule has 2 amide bonds. The Balaban J connectivity index is 1.33. The summed E-state index contributed by atoms with van der Waals surface area (Å²) in [5.74, 6) is 0.299. The van der Waals surface area contributed by atoms with Gasteiger partial charge < -0.3 is 19.7 Å². The molecular weight excluding hydrogens is 458 g/mol. The molecule has 9 nitrogen and oxygen atoms in total. The number of hydrogen-bond acceptors (Lipinski definition) is 6. The summed E-state index contributed by atoms with van der Waals surface area (Å²) in [7, 11) is 1.73. The van der Waals surface area contributed by atoms with Gasteiger partial charge in [0.05, 0.1) is 18.5 Å². The number of nitrogens with one attached hydrogen (secondary N) is 1. The summed E-state index contributed by atoms with van der Waals surface area (Å²) >= 11 is 0. The highest BCUT2D eigenvalue weighted by Gasteiger charge is 2.43. The lowest BCUT2D eigenvalue weighted by molar-refractivity contribution is -0.119. The van der Waals surface area contributed by atoms with Gasteiger partial charge in [0.25, 0.3) is 5.91 Å². The number of anilines is 1. The van der Waals surface area contributed by atoms with Crippen LogP contribution in [0.15, 0.2) is 79.4 Å². The third-order valence-corrected chi connectivity index (χ3v) is 6.63. The highest BCUT2D eigenvalue weighted by Crippen LogP contribution is 2.45. The zero-order valence-corrected chi connectivity index (χ0v) is 19.5. The Bertz CT molecular complexity index is 1440. The number of carbonyl (C=O) groups excluding carboxylic acids is 2. The molecule has 0 fully saturated rings. The van der Waals surface area contributed by atoms with Crippen molar-refractivity contribution in [1.29, 1.82) is 0 Å². The van der Waals surface area contributed by atoms with Crippen molar-refractivity contribution in [2.75, 3.05) is 19.2 Å². The molecule has 1 aromatic heterocycles. The van der Waals surface area contributed by atoms with Crippen molar-refractivity contribution in [1.82, 2.24) is 19.7 Å². The molecule has 3 heterocycles. The first-order chi connectivity index (χ1) is 17.6. The molecule has 2 atom stereocenters. The van der Waals surface area contributed by atoms with Crippen LogP contribution in [0.25, 0.3) is 0 Å². The van der Waals surface area contributed by atoms with Crippen LogP contribution in [0, 0.1) is 0 Å². The molecule has 3 aromatic carbocycles. The van der Waals surface area contributed by atoms with Crippen LogP contribution in [0.5, 0.6) is 11.5 Å². The van der Waals surface area contributed by atoms with Gasteiger partial charge in [-0.2, -0.15) is 5.10 Å². The third-order valence-electron chi connectivity index (χ3n) is 6.63. The van der Waals surface area contributed by atoms with Crippen LogP contribution < -0.4 is 14.8 Å². The maximum absolute atomic E-state index is 13.8. The SMILES string of the molecule is CN1C(=O)c2ccccc2C(C(=O)Nc2ccc(Cn3cncn3)cc2)C1c1ccc2c(c1)OCO2. The summed E-state index contributed by atoms with van der Waals surface area (Å²) in [5.41, 5.74) is 3.73. The molecule has 180 valence electrons. The smallest absolute Gasteiger partial charge is 0.254 e. The number of amides is 2. The number of benzene rings is 3. The predicted molar refractivity (Wildman–Crippen MR) is 131 cm³/mol. The van der Waals surface area contributed by atoms with Crippen LogP contribution in [0.3, 0.4) is 0 Å². The lowest BCUT2D eigenvalue weighted by Crippen LogP contribution is -2.44. The second-order valence-corrected chi connectivity index (χ2v) is 8.82. The minimum Gasteiger partial charge on any atom is -0.454 e. The molecule has 0 saturated carbocycles. The summed E-state index contributed by atoms with van der Waals surface area (Å²) in [5, 5.41) is 7.18. The molecule has 4 aromatic rings. The Morgan fingerprint density at radius 1 is 1.06 bits per heavy atom. The van der Waals surface area contributed by atoms with Crippen LogP contribution in [0.4, 0.5) is 5.69 Å². The highest BCUT2D eigenvalue weighted by atomic mass is 16.7. The van der Waals surface area contributed by atoms with Crippen LogP contribution in [0.1, 0.15) is 39.0 Å². The van der Waals surface area contributed by atoms with Crippen molar-refractivity contribution in [2.24, 2.45) is 0 Å². The number of likely N-dealkylation sites (N-methyl/N-ethyl adjacent to an activating group) is 1. The average Bonchev–Trinajstić information content (AvgIpc) is 3.59. The fourth-order valence-electron chi connectivity index (χ4n) is 4.89. The molecule has 36 heavy (non-hydrogen) atoms. The lowest BCUT2D eigenvalue weighted by atomic mass is 9.79. The Labute approximate surface area is 207 Å². The number of hydrogen-bond donors (Lipinski definition) is 1. The first-order valence-electron chi connectivity index (χ1n) is 11.6. The normalized spacial score (nSPS) is 18.1. The van der Waals surface area contributed by atoms with Gasteiger partial charge in [-0.3, -0.25) is 9.59 Å². The minimum absolute atomic E-state index is 0.130. The van der Waals surface area contributed by atoms with Gasteiger partial charge in [0.1, 0.15) is 12.7 Å². The van der Waals surface area contributed by atoms with Crippen LogP contribution in [-0.4, -0.2) is 45.3 Å². The van der Waals surface area contributed by atoms with Crippen molar-refractivity contribution < 1.29 is 19.1 Å². The van der Waals surface area contributed by atoms with E-state index in [9.17, 15) is 9.59 Å². The lowest BCUT2D eigenvalue weighted by Gasteiger charge is -2.39. The number of ether oxygens (including phenoxy) is 2. The molecule has 0 bridgehead atoms. The van der Waals surface area contributed by atoms with Gasteiger partial charge in [0, 0.05) is 18.3 Å². The van der Waals surface area contributed by atoms with Crippen molar-refractivity contribution in [3.63, 3.8) is 0 Å². The summed E-state index contributed by atoms with van der Waals surface area (Å²) in [6.45, 7) is 0.737. The molecule has 2 aliphatic rings. The van der Waals surface area contributed by atoms with Crippen LogP contribution in [-0.2, 0) is 11.3 Å². The number of fused-ring (bicyclic) bond motifs is 2. The Hall–Kier alpha value is -4.66. The molecule has 0 aliphatic carbocycles. The van der Waals surface area contributed by atoms with Crippen molar-refractivity contribution >= 4 is 17.5 Å². The fraction of sp³-hybridized carbons (Fsp3) is 0.185. The third kappa shape index (κ3) is 3.84. The molecule has 2 aliphatic heterocycles. The second kappa shape index (κ2) is 8.84. The largest absolute Gasteiger partial charge is 0.454 e. The van der Waals surface area contributed by atoms with Crippen molar-refractivity contribution in [3.05, 3.63) is 102 Å². The van der Waals surface area contributed by atoms with E-state index in [1.54, 1.807) is 29.0 Å². The van der Waals surface area contributed by atoms with E-state index in [1.807, 2.05) is 60.7 Å². The average molecular weight is 482 g/mol. The number of aromatic nitrogens is 3. The molecule has 0 spiro atoms. The molecule has 0 saturated heterocycles. The van der Waals surface area contributed by atoms with E-state index < -0.39 is 12.0 Å². The Morgan fingerprint density at radius 3 is 2.67 bits per heavy atom. The molecule has 6 rings (SSSR count). The summed E-state index contributed by atoms with van der Waals surface area (Å²) in [4.78, 5) is 32.7. The molecule has 1 N–H and O–H groups in total. The number of nitrogens with zero attached hydrogens (tertiary/aromatic N) is 4. The predicted octanol–water partition coefficient (Wildman–Crippen LogP) is 3.60. The van der Waals surface area contributed by atoms with E-state index in [-0.39, 0.29) is 18.6 Å². The summed E-state index contributed by atoms with van der Waals surface area (Å²) in [6.07, 6.45) is 3.15. The van der Waals surface area contributed by atoms with E-state index in [4.69, 9.17) is 9.47 Å². The topological polar surface area (TPSA) is 98.6 Å². The molecule has 9 heteroatoms. The first kappa shape index (κ1) is 21.8. The van der Waals surface area contributed by atoms with Crippen LogP contribution in [0.2, 0.25) is 0 Å². The van der Waals surface area contributed by atoms with Gasteiger partial charge >= 0.3 is 0 Å². The zero-order chi connectivity index (χ0) is 24.6. The standard InChI is InChI=1S/C27H23N5O4/c1-31-25(18-8-11-22-23(12-18)36-16-35-22)24(20-4-2-3-5-21(20)27(31)34)26(33)30-19-9-6-17(7-10-19)13-32-15-28-14-29-32/h2-12,14-15,24-25H,13,16H2,1H3,(H,30,33). The maximum atomic E-state index is 13.8. The van der Waals surface area contributed by atoms with Gasteiger partial charge in [0.15, 0.2) is 11.5 Å². The molecule has 0 radical (unpaired) electrons. The summed E-state index contributed by atoms with van der Waals surface area (Å²) < 4.78 is 12.7. The van der Waals surface area contributed by atoms with Crippen molar-refractivity contribution in [2.45, 2.75) is 18.5 Å². The Kier molecular flexibility index (Phi) is 5.37. The van der Waals surface area contributed by atoms with Gasteiger partial charge in [-0.25, -0.2) is 9.67 Å². The van der Waals surface area contributed by atoms with E-state index in [1.165, 1.54) is 6.33 Å². The van der Waals surface area contributed by atoms with Gasteiger partial charge in [-0.05, 0) is 47.0 Å². The maximum Gasteiger partial charge on any atom is 0.254 e. The van der Waals surface area contributed by atoms with E-state index in [2.05, 4.69) is 15.4 Å². The van der Waals surface area contributed by atoms with E-state index >= 15 is 0 Å². The van der Waals surface area contributed by atoms with Gasteiger partial charge in [-0.15, -0.1) is 0 Å². The monoisotopic (exact) mass is 481 g/mol. The van der Waals surface area contributed by atoms with E-state index in [0.29, 0.717) is 34.9 Å². The summed E-state index contributed by atoms with van der Waals surface area (Å²) in [6, 6.07) is 19.9. The highest BCUT2D eigenvalue weighted by molar-refractivity contribution is 6.04. The molecular formula is C27H23N5O4. The Morgan fingerprint density at radius 2 is 1.86 bits per heavy atom. The van der Waals surface area contributed by atoms with Gasteiger partial charge in [0.2, 0.25) is 12.7 Å². The van der Waals surface area contributed by atoms with E-state index in [0.717, 1.165) is 11.1 Å². The fourth-order valence-corrected chi connectivity index (χ4v) is 4.89. The second-order valence-electron chi connectivity index (χ2n) is 8.82. The quantitative estimate of drug-likeness (QED) is 0.468. The first-order valence-corrected chi connectivity index (χ1v) is 11.6. The number of rotatable bonds is 5. The van der Waals surface area contributed by atoms with Crippen LogP contribution >= 0.6 is 0 Å². The number of carbonyl (C=O) groups is 2. The van der Waals surface area contributed by atoms with Gasteiger partial charge in [-0.1, -0.05) is 36.4 Å². The van der Waals surface area contributed by atoms with Crippen molar-refractivity contribution in [3.8, 4) is 11.5 Å². The zero-order valence-electron chi connectivity index (χ0n) is 19.5. The minimum atomic E-state index is -0.626.